The summed E-state index contributed by atoms with van der Waals surface area (Å²) >= 11 is 0. The predicted octanol–water partition coefficient (Wildman–Crippen LogP) is 1.45. The number of aliphatic carboxylic acids is 1. The summed E-state index contributed by atoms with van der Waals surface area (Å²) in [4.78, 5) is 23.3. The van der Waals surface area contributed by atoms with Gasteiger partial charge in [-0.3, -0.25) is 0 Å². The molecule has 21 heavy (non-hydrogen) atoms. The minimum absolute atomic E-state index is 0.0227. The molecule has 3 N–H and O–H groups in total. The molecule has 1 aromatic rings. The summed E-state index contributed by atoms with van der Waals surface area (Å²) in [6.45, 7) is 3.71. The molecule has 0 bridgehead atoms. The van der Waals surface area contributed by atoms with E-state index in [9.17, 15) is 14.7 Å². The van der Waals surface area contributed by atoms with Gasteiger partial charge in [-0.25, -0.2) is 9.59 Å². The first kappa shape index (κ1) is 15.4. The summed E-state index contributed by atoms with van der Waals surface area (Å²) < 4.78 is 10.7. The van der Waals surface area contributed by atoms with Crippen LogP contribution in [0.25, 0.3) is 0 Å². The van der Waals surface area contributed by atoms with Gasteiger partial charge in [-0.15, -0.1) is 0 Å². The van der Waals surface area contributed by atoms with Crippen molar-refractivity contribution < 1.29 is 23.8 Å². The Balaban J connectivity index is 1.92. The minimum Gasteiger partial charge on any atom is -0.479 e. The molecule has 0 aliphatic carbocycles. The van der Waals surface area contributed by atoms with Crippen LogP contribution >= 0.6 is 0 Å². The molecule has 2 heterocycles. The maximum Gasteiger partial charge on any atom is 0.337 e. The van der Waals surface area contributed by atoms with Crippen molar-refractivity contribution >= 4 is 12.0 Å². The number of carboxylic acid groups (broad SMARTS) is 1. The zero-order valence-corrected chi connectivity index (χ0v) is 12.1. The van der Waals surface area contributed by atoms with Crippen molar-refractivity contribution in [3.8, 4) is 0 Å². The van der Waals surface area contributed by atoms with E-state index in [1.165, 1.54) is 19.3 Å². The molecular weight excluding hydrogens is 276 g/mol. The maximum atomic E-state index is 11.9. The van der Waals surface area contributed by atoms with E-state index in [0.717, 1.165) is 12.8 Å². The molecule has 1 aromatic heterocycles. The van der Waals surface area contributed by atoms with E-state index in [0.29, 0.717) is 6.54 Å². The van der Waals surface area contributed by atoms with Crippen LogP contribution in [0.2, 0.25) is 0 Å². The van der Waals surface area contributed by atoms with Gasteiger partial charge in [0.15, 0.2) is 5.54 Å². The fraction of sp³-hybridized carbons (Fsp3) is 0.571. The van der Waals surface area contributed by atoms with Crippen LogP contribution in [0, 0.1) is 0 Å². The Labute approximate surface area is 122 Å². The first-order valence-corrected chi connectivity index (χ1v) is 6.90. The van der Waals surface area contributed by atoms with Crippen LogP contribution in [0.5, 0.6) is 0 Å². The lowest BCUT2D eigenvalue weighted by molar-refractivity contribution is -0.144. The van der Waals surface area contributed by atoms with E-state index < -0.39 is 17.5 Å². The third-order valence-electron chi connectivity index (χ3n) is 3.62. The molecule has 7 nitrogen and oxygen atoms in total. The molecular formula is C14H20N2O5. The number of amides is 2. The van der Waals surface area contributed by atoms with Crippen LogP contribution in [-0.4, -0.2) is 35.9 Å². The molecule has 1 fully saturated rings. The second-order valence-electron chi connectivity index (χ2n) is 5.39. The van der Waals surface area contributed by atoms with Gasteiger partial charge in [0.25, 0.3) is 0 Å². The number of ether oxygens (including phenoxy) is 1. The smallest absolute Gasteiger partial charge is 0.337 e. The fourth-order valence-electron chi connectivity index (χ4n) is 2.30. The van der Waals surface area contributed by atoms with Crippen molar-refractivity contribution in [2.24, 2.45) is 0 Å². The van der Waals surface area contributed by atoms with Gasteiger partial charge in [0, 0.05) is 6.54 Å². The number of urea groups is 1. The molecule has 2 amide bonds. The number of carbonyl (C=O) groups is 2. The molecule has 1 aliphatic rings. The Kier molecular flexibility index (Phi) is 4.52. The van der Waals surface area contributed by atoms with Crippen molar-refractivity contribution in [2.45, 2.75) is 44.4 Å². The van der Waals surface area contributed by atoms with E-state index in [4.69, 9.17) is 9.15 Å². The summed E-state index contributed by atoms with van der Waals surface area (Å²) in [6.07, 6.45) is 3.39. The highest BCUT2D eigenvalue weighted by Gasteiger charge is 2.39. The lowest BCUT2D eigenvalue weighted by atomic mass is 9.99. The predicted molar refractivity (Wildman–Crippen MR) is 73.8 cm³/mol. The molecule has 0 spiro atoms. The molecule has 2 rings (SSSR count). The minimum atomic E-state index is -1.61. The molecule has 0 saturated carbocycles. The van der Waals surface area contributed by atoms with Gasteiger partial charge in [-0.2, -0.15) is 0 Å². The summed E-state index contributed by atoms with van der Waals surface area (Å²) in [5.74, 6) is -1.03. The average molecular weight is 296 g/mol. The molecule has 0 radical (unpaired) electrons. The van der Waals surface area contributed by atoms with Gasteiger partial charge in [-0.1, -0.05) is 0 Å². The standard InChI is InChI=1S/C14H20N2O5/c1-9-5-6-10(21-9)8-15-13(19)16-14(2,12(17)18)11-4-3-7-20-11/h3-4,7,9-10H,5-6,8H2,1-2H3,(H,17,18)(H2,15,16,19). The lowest BCUT2D eigenvalue weighted by Gasteiger charge is -2.24. The summed E-state index contributed by atoms with van der Waals surface area (Å²) in [5.41, 5.74) is -1.61. The Bertz CT molecular complexity index is 501. The van der Waals surface area contributed by atoms with Gasteiger partial charge >= 0.3 is 12.0 Å². The number of furan rings is 1. The molecule has 3 unspecified atom stereocenters. The van der Waals surface area contributed by atoms with E-state index in [1.807, 2.05) is 6.92 Å². The van der Waals surface area contributed by atoms with Crippen LogP contribution in [0.4, 0.5) is 4.79 Å². The van der Waals surface area contributed by atoms with Gasteiger partial charge in [0.05, 0.1) is 18.5 Å². The Morgan fingerprint density at radius 3 is 2.76 bits per heavy atom. The van der Waals surface area contributed by atoms with Crippen LogP contribution < -0.4 is 10.6 Å². The fourth-order valence-corrected chi connectivity index (χ4v) is 2.30. The normalized spacial score (nSPS) is 24.3. The Hall–Kier alpha value is -2.02. The van der Waals surface area contributed by atoms with E-state index in [2.05, 4.69) is 10.6 Å². The lowest BCUT2D eigenvalue weighted by Crippen LogP contribution is -2.53. The summed E-state index contributed by atoms with van der Waals surface area (Å²) in [5, 5.41) is 14.4. The highest BCUT2D eigenvalue weighted by atomic mass is 16.5. The maximum absolute atomic E-state index is 11.9. The van der Waals surface area contributed by atoms with Crippen LogP contribution in [0.15, 0.2) is 22.8 Å². The van der Waals surface area contributed by atoms with E-state index >= 15 is 0 Å². The first-order chi connectivity index (χ1) is 9.91. The quantitative estimate of drug-likeness (QED) is 0.763. The second kappa shape index (κ2) is 6.17. The third kappa shape index (κ3) is 3.55. The average Bonchev–Trinajstić information content (AvgIpc) is 3.07. The van der Waals surface area contributed by atoms with Gasteiger partial charge < -0.3 is 24.9 Å². The highest BCUT2D eigenvalue weighted by Crippen LogP contribution is 2.22. The number of rotatable bonds is 5. The molecule has 0 aromatic carbocycles. The van der Waals surface area contributed by atoms with E-state index in [1.54, 1.807) is 6.07 Å². The van der Waals surface area contributed by atoms with Crippen molar-refractivity contribution in [2.75, 3.05) is 6.54 Å². The van der Waals surface area contributed by atoms with Gasteiger partial charge in [0.1, 0.15) is 5.76 Å². The number of carbonyl (C=O) groups excluding carboxylic acids is 1. The van der Waals surface area contributed by atoms with Crippen molar-refractivity contribution in [3.05, 3.63) is 24.2 Å². The Morgan fingerprint density at radius 2 is 2.24 bits per heavy atom. The van der Waals surface area contributed by atoms with Crippen LogP contribution in [0.3, 0.4) is 0 Å². The van der Waals surface area contributed by atoms with Crippen molar-refractivity contribution in [1.82, 2.24) is 10.6 Å². The number of nitrogens with one attached hydrogen (secondary N) is 2. The summed E-state index contributed by atoms with van der Waals surface area (Å²) in [6, 6.07) is 2.51. The second-order valence-corrected chi connectivity index (χ2v) is 5.39. The zero-order chi connectivity index (χ0) is 15.5. The van der Waals surface area contributed by atoms with Crippen molar-refractivity contribution in [1.29, 1.82) is 0 Å². The molecule has 1 aliphatic heterocycles. The van der Waals surface area contributed by atoms with Crippen LogP contribution in [0.1, 0.15) is 32.4 Å². The number of hydrogen-bond donors (Lipinski definition) is 3. The first-order valence-electron chi connectivity index (χ1n) is 6.90. The Morgan fingerprint density at radius 1 is 1.48 bits per heavy atom. The molecule has 3 atom stereocenters. The molecule has 7 heteroatoms. The van der Waals surface area contributed by atoms with Gasteiger partial charge in [0.2, 0.25) is 0 Å². The van der Waals surface area contributed by atoms with Crippen molar-refractivity contribution in [3.63, 3.8) is 0 Å². The molecule has 1 saturated heterocycles. The topological polar surface area (TPSA) is 101 Å². The summed E-state index contributed by atoms with van der Waals surface area (Å²) in [7, 11) is 0. The number of carboxylic acids is 1. The highest BCUT2D eigenvalue weighted by molar-refractivity contribution is 5.86. The van der Waals surface area contributed by atoms with E-state index in [-0.39, 0.29) is 18.0 Å². The largest absolute Gasteiger partial charge is 0.479 e. The SMILES string of the molecule is CC1CCC(CNC(=O)NC(C)(C(=O)O)c2ccco2)O1. The van der Waals surface area contributed by atoms with Crippen LogP contribution in [-0.2, 0) is 15.1 Å². The number of hydrogen-bond acceptors (Lipinski definition) is 4. The monoisotopic (exact) mass is 296 g/mol. The third-order valence-corrected chi connectivity index (χ3v) is 3.62. The van der Waals surface area contributed by atoms with Gasteiger partial charge in [-0.05, 0) is 38.8 Å². The zero-order valence-electron chi connectivity index (χ0n) is 12.1. The molecule has 116 valence electrons.